The molecule has 1 heterocycles. The van der Waals surface area contributed by atoms with E-state index in [0.29, 0.717) is 0 Å². The topological polar surface area (TPSA) is 85.4 Å². The standard InChI is InChI=1S/C11H6ClFN2O4/c12-9-5-4-8(19-9)11(16)14-10-6(13)2-1-3-7(10)15(17)18/h1-5H,(H,14,16). The number of furan rings is 1. The average molecular weight is 285 g/mol. The number of carbonyl (C=O) groups excluding carboxylic acids is 1. The van der Waals surface area contributed by atoms with Gasteiger partial charge in [0, 0.05) is 6.07 Å². The van der Waals surface area contributed by atoms with Gasteiger partial charge in [-0.2, -0.15) is 0 Å². The summed E-state index contributed by atoms with van der Waals surface area (Å²) in [6, 6.07) is 5.84. The summed E-state index contributed by atoms with van der Waals surface area (Å²) in [5, 5.41) is 12.8. The van der Waals surface area contributed by atoms with Crippen LogP contribution >= 0.6 is 11.6 Å². The first kappa shape index (κ1) is 13.0. The molecular weight excluding hydrogens is 279 g/mol. The minimum absolute atomic E-state index is 0.0202. The fourth-order valence-electron chi connectivity index (χ4n) is 1.40. The maximum absolute atomic E-state index is 13.5. The summed E-state index contributed by atoms with van der Waals surface area (Å²) in [6.45, 7) is 0. The molecule has 0 aliphatic heterocycles. The maximum atomic E-state index is 13.5. The maximum Gasteiger partial charge on any atom is 0.295 e. The lowest BCUT2D eigenvalue weighted by molar-refractivity contribution is -0.384. The third kappa shape index (κ3) is 2.71. The fraction of sp³-hybridized carbons (Fsp3) is 0. The van der Waals surface area contributed by atoms with Crippen LogP contribution < -0.4 is 5.32 Å². The van der Waals surface area contributed by atoms with Crippen LogP contribution in [0, 0.1) is 15.9 Å². The van der Waals surface area contributed by atoms with E-state index >= 15 is 0 Å². The lowest BCUT2D eigenvalue weighted by Gasteiger charge is -2.05. The van der Waals surface area contributed by atoms with Crippen molar-refractivity contribution in [3.63, 3.8) is 0 Å². The summed E-state index contributed by atoms with van der Waals surface area (Å²) in [5.41, 5.74) is -1.07. The zero-order valence-corrected chi connectivity index (χ0v) is 9.98. The highest BCUT2D eigenvalue weighted by Crippen LogP contribution is 2.27. The van der Waals surface area contributed by atoms with E-state index < -0.39 is 28.0 Å². The number of halogens is 2. The van der Waals surface area contributed by atoms with Gasteiger partial charge in [-0.1, -0.05) is 6.07 Å². The van der Waals surface area contributed by atoms with Crippen molar-refractivity contribution >= 4 is 28.9 Å². The van der Waals surface area contributed by atoms with Crippen molar-refractivity contribution in [1.82, 2.24) is 0 Å². The van der Waals surface area contributed by atoms with Crippen LogP contribution in [0.2, 0.25) is 5.22 Å². The number of hydrogen-bond acceptors (Lipinski definition) is 4. The van der Waals surface area contributed by atoms with Crippen molar-refractivity contribution in [2.75, 3.05) is 5.32 Å². The number of nitro groups is 1. The number of anilines is 1. The molecule has 0 atom stereocenters. The predicted molar refractivity (Wildman–Crippen MR) is 64.7 cm³/mol. The van der Waals surface area contributed by atoms with E-state index in [0.717, 1.165) is 12.1 Å². The molecule has 2 aromatic rings. The van der Waals surface area contributed by atoms with E-state index in [9.17, 15) is 19.3 Å². The molecule has 8 heteroatoms. The fourth-order valence-corrected chi connectivity index (χ4v) is 1.55. The third-order valence-corrected chi connectivity index (χ3v) is 2.43. The van der Waals surface area contributed by atoms with Crippen molar-refractivity contribution in [1.29, 1.82) is 0 Å². The molecule has 0 fully saturated rings. The second-order valence-electron chi connectivity index (χ2n) is 3.45. The van der Waals surface area contributed by atoms with Crippen LogP contribution in [0.5, 0.6) is 0 Å². The van der Waals surface area contributed by atoms with E-state index in [4.69, 9.17) is 16.0 Å². The molecule has 98 valence electrons. The zero-order valence-electron chi connectivity index (χ0n) is 9.22. The summed E-state index contributed by atoms with van der Waals surface area (Å²) in [5.74, 6) is -1.93. The predicted octanol–water partition coefficient (Wildman–Crippen LogP) is 3.23. The van der Waals surface area contributed by atoms with Crippen molar-refractivity contribution < 1.29 is 18.5 Å². The molecule has 0 bridgehead atoms. The SMILES string of the molecule is O=C(Nc1c(F)cccc1[N+](=O)[O-])c1ccc(Cl)o1. The molecule has 1 amide bonds. The van der Waals surface area contributed by atoms with E-state index in [-0.39, 0.29) is 11.0 Å². The van der Waals surface area contributed by atoms with Crippen LogP contribution in [0.1, 0.15) is 10.6 Å². The Labute approximate surface area is 110 Å². The Morgan fingerprint density at radius 3 is 2.68 bits per heavy atom. The number of carbonyl (C=O) groups is 1. The number of rotatable bonds is 3. The summed E-state index contributed by atoms with van der Waals surface area (Å²) >= 11 is 5.49. The Morgan fingerprint density at radius 1 is 1.37 bits per heavy atom. The molecule has 0 radical (unpaired) electrons. The molecular formula is C11H6ClFN2O4. The van der Waals surface area contributed by atoms with Gasteiger partial charge in [0.1, 0.15) is 0 Å². The molecule has 0 saturated heterocycles. The first-order valence-corrected chi connectivity index (χ1v) is 5.36. The molecule has 1 N–H and O–H groups in total. The number of nitrogens with zero attached hydrogens (tertiary/aromatic N) is 1. The number of hydrogen-bond donors (Lipinski definition) is 1. The molecule has 0 aliphatic carbocycles. The normalized spacial score (nSPS) is 10.2. The average Bonchev–Trinajstić information content (AvgIpc) is 2.78. The van der Waals surface area contributed by atoms with Crippen LogP contribution in [-0.4, -0.2) is 10.8 Å². The van der Waals surface area contributed by atoms with Gasteiger partial charge in [0.25, 0.3) is 11.6 Å². The quantitative estimate of drug-likeness (QED) is 0.692. The first-order chi connectivity index (χ1) is 8.99. The van der Waals surface area contributed by atoms with Gasteiger partial charge in [-0.15, -0.1) is 0 Å². The second-order valence-corrected chi connectivity index (χ2v) is 3.82. The Balaban J connectivity index is 2.33. The smallest absolute Gasteiger partial charge is 0.295 e. The first-order valence-electron chi connectivity index (χ1n) is 4.98. The molecule has 0 spiro atoms. The Hall–Kier alpha value is -2.41. The van der Waals surface area contributed by atoms with Gasteiger partial charge in [0.05, 0.1) is 4.92 Å². The van der Waals surface area contributed by atoms with Crippen molar-refractivity contribution in [3.8, 4) is 0 Å². The van der Waals surface area contributed by atoms with Crippen molar-refractivity contribution in [3.05, 3.63) is 57.2 Å². The van der Waals surface area contributed by atoms with Crippen LogP contribution in [0.3, 0.4) is 0 Å². The third-order valence-electron chi connectivity index (χ3n) is 2.22. The van der Waals surface area contributed by atoms with Crippen molar-refractivity contribution in [2.45, 2.75) is 0 Å². The van der Waals surface area contributed by atoms with Crippen LogP contribution in [0.15, 0.2) is 34.7 Å². The van der Waals surface area contributed by atoms with Gasteiger partial charge in [0.2, 0.25) is 0 Å². The molecule has 0 unspecified atom stereocenters. The lowest BCUT2D eigenvalue weighted by atomic mass is 10.2. The largest absolute Gasteiger partial charge is 0.440 e. The molecule has 1 aromatic carbocycles. The summed E-state index contributed by atoms with van der Waals surface area (Å²) in [7, 11) is 0. The molecule has 2 rings (SSSR count). The van der Waals surface area contributed by atoms with E-state index in [1.54, 1.807) is 0 Å². The van der Waals surface area contributed by atoms with Crippen LogP contribution in [0.4, 0.5) is 15.8 Å². The van der Waals surface area contributed by atoms with Crippen LogP contribution in [-0.2, 0) is 0 Å². The molecule has 6 nitrogen and oxygen atoms in total. The molecule has 19 heavy (non-hydrogen) atoms. The van der Waals surface area contributed by atoms with Gasteiger partial charge >= 0.3 is 0 Å². The number of benzene rings is 1. The molecule has 1 aromatic heterocycles. The van der Waals surface area contributed by atoms with Gasteiger partial charge in [0.15, 0.2) is 22.5 Å². The number of amides is 1. The van der Waals surface area contributed by atoms with Gasteiger partial charge in [-0.3, -0.25) is 14.9 Å². The van der Waals surface area contributed by atoms with Crippen molar-refractivity contribution in [2.24, 2.45) is 0 Å². The zero-order chi connectivity index (χ0) is 14.0. The highest BCUT2D eigenvalue weighted by Gasteiger charge is 2.21. The van der Waals surface area contributed by atoms with E-state index in [1.165, 1.54) is 18.2 Å². The van der Waals surface area contributed by atoms with E-state index in [1.807, 2.05) is 0 Å². The summed E-state index contributed by atoms with van der Waals surface area (Å²) in [4.78, 5) is 21.6. The van der Waals surface area contributed by atoms with Gasteiger partial charge in [-0.05, 0) is 29.8 Å². The number of nitrogens with one attached hydrogen (secondary N) is 1. The number of nitro benzene ring substituents is 1. The van der Waals surface area contributed by atoms with Gasteiger partial charge < -0.3 is 9.73 Å². The van der Waals surface area contributed by atoms with Gasteiger partial charge in [-0.25, -0.2) is 4.39 Å². The highest BCUT2D eigenvalue weighted by atomic mass is 35.5. The summed E-state index contributed by atoms with van der Waals surface area (Å²) < 4.78 is 18.3. The van der Waals surface area contributed by atoms with Crippen LogP contribution in [0.25, 0.3) is 0 Å². The number of para-hydroxylation sites is 1. The highest BCUT2D eigenvalue weighted by molar-refractivity contribution is 6.29. The summed E-state index contributed by atoms with van der Waals surface area (Å²) in [6.07, 6.45) is 0. The molecule has 0 aliphatic rings. The van der Waals surface area contributed by atoms with E-state index in [2.05, 4.69) is 5.32 Å². The monoisotopic (exact) mass is 284 g/mol. The Morgan fingerprint density at radius 2 is 2.11 bits per heavy atom. The minimum Gasteiger partial charge on any atom is -0.440 e. The minimum atomic E-state index is -0.916. The second kappa shape index (κ2) is 5.07. The Kier molecular flexibility index (Phi) is 3.48. The lowest BCUT2D eigenvalue weighted by Crippen LogP contribution is -2.13. The Bertz CT molecular complexity index is 656. The molecule has 0 saturated carbocycles.